The number of nitrogen functional groups attached to an aromatic ring is 1. The molecule has 4 unspecified atom stereocenters. The zero-order valence-corrected chi connectivity index (χ0v) is 42.4. The summed E-state index contributed by atoms with van der Waals surface area (Å²) in [5.41, 5.74) is 15.3. The molecular weight excluding hydrogens is 1030 g/mol. The van der Waals surface area contributed by atoms with E-state index in [0.29, 0.717) is 43.5 Å². The highest BCUT2D eigenvalue weighted by Crippen LogP contribution is 2.66. The Labute approximate surface area is 418 Å². The number of carbonyl (C=O) groups is 3. The van der Waals surface area contributed by atoms with Gasteiger partial charge in [0.25, 0.3) is 5.91 Å². The second kappa shape index (κ2) is 27.1. The molecule has 26 nitrogen and oxygen atoms in total. The van der Waals surface area contributed by atoms with E-state index in [1.807, 2.05) is 32.1 Å². The third kappa shape index (κ3) is 19.6. The van der Waals surface area contributed by atoms with Crippen molar-refractivity contribution in [3.05, 3.63) is 92.9 Å². The van der Waals surface area contributed by atoms with Gasteiger partial charge in [0.1, 0.15) is 37.2 Å². The Kier molecular flexibility index (Phi) is 21.6. The molecule has 395 valence electrons. The minimum atomic E-state index is -5.46. The Bertz CT molecular complexity index is 2850. The Morgan fingerprint density at radius 2 is 1.81 bits per heavy atom. The molecule has 0 aliphatic carbocycles. The molecule has 0 saturated carbocycles. The fourth-order valence-corrected chi connectivity index (χ4v) is 10.3. The number of allylic oxidation sites excluding steroid dienone is 2. The molecule has 0 bridgehead atoms. The molecule has 3 amide bonds. The summed E-state index contributed by atoms with van der Waals surface area (Å²) in [4.78, 5) is 86.7. The van der Waals surface area contributed by atoms with E-state index in [9.17, 15) is 47.0 Å². The Hall–Kier alpha value is -5.62. The average molecular weight is 1080 g/mol. The number of nitrogens with one attached hydrogen (secondary N) is 3. The van der Waals surface area contributed by atoms with Gasteiger partial charge in [-0.15, -0.1) is 0 Å². The van der Waals surface area contributed by atoms with Crippen LogP contribution in [0.2, 0.25) is 0 Å². The number of phosphoric acid groups is 2. The maximum absolute atomic E-state index is 13.4. The van der Waals surface area contributed by atoms with Crippen molar-refractivity contribution in [2.24, 2.45) is 10.7 Å². The van der Waals surface area contributed by atoms with Gasteiger partial charge >= 0.3 is 36.6 Å². The van der Waals surface area contributed by atoms with E-state index in [2.05, 4.69) is 50.9 Å². The smallest absolute Gasteiger partial charge is 0.489 e. The first-order valence-electron chi connectivity index (χ1n) is 22.1. The van der Waals surface area contributed by atoms with Gasteiger partial charge in [0.2, 0.25) is 11.8 Å². The number of hydrogen-bond donors (Lipinski definition) is 8. The minimum absolute atomic E-state index is 0.00658. The molecule has 2 aromatic heterocycles. The normalized spacial score (nSPS) is 18.6. The molecule has 31 heteroatoms. The van der Waals surface area contributed by atoms with Crippen LogP contribution in [0.4, 0.5) is 10.1 Å². The predicted molar refractivity (Wildman–Crippen MR) is 261 cm³/mol. The Morgan fingerprint density at radius 1 is 1.04 bits per heavy atom. The summed E-state index contributed by atoms with van der Waals surface area (Å²) in [6.07, 6.45) is 4.95. The van der Waals surface area contributed by atoms with Crippen molar-refractivity contribution in [1.29, 1.82) is 0 Å². The van der Waals surface area contributed by atoms with Crippen LogP contribution in [0.3, 0.4) is 0 Å². The van der Waals surface area contributed by atoms with E-state index in [0.717, 1.165) is 21.5 Å². The summed E-state index contributed by atoms with van der Waals surface area (Å²) >= 11 is 0. The minimum Gasteiger partial charge on any atom is -0.489 e. The highest BCUT2D eigenvalue weighted by atomic mass is 31.3. The van der Waals surface area contributed by atoms with Gasteiger partial charge in [0.05, 0.1) is 43.7 Å². The third-order valence-electron chi connectivity index (χ3n) is 10.1. The van der Waals surface area contributed by atoms with E-state index in [4.69, 9.17) is 35.3 Å². The second-order valence-corrected chi connectivity index (χ2v) is 21.1. The summed E-state index contributed by atoms with van der Waals surface area (Å²) in [5.74, 6) is 4.44. The molecule has 4 heterocycles. The fraction of sp³-hybridized carbons (Fsp3) is 0.429. The van der Waals surface area contributed by atoms with Crippen LogP contribution in [-0.4, -0.2) is 131 Å². The molecule has 1 saturated heterocycles. The molecule has 2 aliphatic heterocycles. The number of aromatic nitrogens is 3. The molecule has 5 rings (SSSR count). The van der Waals surface area contributed by atoms with Crippen molar-refractivity contribution in [3.8, 4) is 17.6 Å². The SMILES string of the molecule is Cc1cc(C)n([B]F)c1/C=C1/C=CC(CCC(=O)NCCNC(=O)c2cccc(OCC(N)OCCOCC(=O)NCC#Cc3cn([C@H]4CC[C@@H](COP(=O)(O)OP(=O)(O)OP(C)(=O)O)O4)c(=O)nc3N)c2)=N1. The number of halogens is 1. The number of hydrogen-bond acceptors (Lipinski definition) is 18. The van der Waals surface area contributed by atoms with Crippen molar-refractivity contribution in [1.82, 2.24) is 30.0 Å². The molecule has 1 radical (unpaired) electrons. The molecule has 6 atom stereocenters. The van der Waals surface area contributed by atoms with Crippen molar-refractivity contribution < 1.29 is 79.2 Å². The van der Waals surface area contributed by atoms with Gasteiger partial charge in [-0.25, -0.2) is 18.2 Å². The van der Waals surface area contributed by atoms with E-state index in [1.54, 1.807) is 24.3 Å². The number of benzene rings is 1. The second-order valence-electron chi connectivity index (χ2n) is 16.0. The van der Waals surface area contributed by atoms with Crippen molar-refractivity contribution in [3.63, 3.8) is 0 Å². The molecule has 1 aromatic carbocycles. The average Bonchev–Trinajstić information content (AvgIpc) is 4.05. The molecule has 73 heavy (non-hydrogen) atoms. The van der Waals surface area contributed by atoms with Gasteiger partial charge in [0, 0.05) is 55.0 Å². The highest BCUT2D eigenvalue weighted by molar-refractivity contribution is 7.68. The van der Waals surface area contributed by atoms with Crippen molar-refractivity contribution >= 4 is 66.3 Å². The number of phosphoric ester groups is 1. The lowest BCUT2D eigenvalue weighted by atomic mass is 10.2. The van der Waals surface area contributed by atoms with Gasteiger partial charge in [-0.3, -0.25) is 33.0 Å². The van der Waals surface area contributed by atoms with Crippen LogP contribution in [0.5, 0.6) is 5.75 Å². The van der Waals surface area contributed by atoms with E-state index < -0.39 is 60.0 Å². The standard InChI is InChI=1S/C42H55BFN9O17P3/c1-27-20-28(2)53(43-44)35(27)22-32-10-9-31(50-32)11-13-37(54)48-16-17-49-41(56)29-6-4-8-33(21-29)66-25-36(45)65-19-18-64-26-38(55)47-15-5-7-30-23-52(42(57)51-40(30)46)39-14-12-34(68-39)24-67-72(60,61)70-73(62,63)69-71(3,58)59/h4,6,8-10,20-23,34,36,39H,11-19,24-26,45H2,1-3H3,(H,47,55)(H,48,54)(H,49,56)(H,58,59)(H,60,61)(H,62,63)(H2,46,51,57)/b32-22-/t34-,36?,39+/m0/s1. The quantitative estimate of drug-likeness (QED) is 0.0178. The van der Waals surface area contributed by atoms with Crippen LogP contribution < -0.4 is 37.8 Å². The lowest BCUT2D eigenvalue weighted by Gasteiger charge is -2.19. The largest absolute Gasteiger partial charge is 0.495 e. The zero-order valence-electron chi connectivity index (χ0n) is 39.7. The summed E-state index contributed by atoms with van der Waals surface area (Å²) < 4.78 is 85.8. The number of aliphatic imine (C=N–C) groups is 1. The number of nitrogens with zero attached hydrogens (tertiary/aromatic N) is 4. The Balaban J connectivity index is 0.919. The zero-order chi connectivity index (χ0) is 53.3. The highest BCUT2D eigenvalue weighted by Gasteiger charge is 2.40. The van der Waals surface area contributed by atoms with Crippen LogP contribution in [0.15, 0.2) is 64.2 Å². The number of carbonyl (C=O) groups excluding carboxylic acids is 3. The maximum Gasteiger partial charge on any atom is 0.495 e. The lowest BCUT2D eigenvalue weighted by Crippen LogP contribution is -2.34. The number of nitrogens with two attached hydrogens (primary N) is 2. The molecule has 0 spiro atoms. The first-order chi connectivity index (χ1) is 34.5. The number of anilines is 1. The van der Waals surface area contributed by atoms with Crippen molar-refractivity contribution in [2.45, 2.75) is 58.1 Å². The monoisotopic (exact) mass is 1080 g/mol. The van der Waals surface area contributed by atoms with Crippen LogP contribution in [0, 0.1) is 25.7 Å². The third-order valence-corrected chi connectivity index (χ3v) is 14.2. The van der Waals surface area contributed by atoms with E-state index in [1.165, 1.54) is 16.7 Å². The topological polar surface area (TPSA) is 368 Å². The number of aryl methyl sites for hydroxylation is 2. The molecule has 1 fully saturated rings. The first kappa shape index (κ1) is 58.3. The molecule has 2 aliphatic rings. The van der Waals surface area contributed by atoms with Crippen LogP contribution >= 0.6 is 23.2 Å². The van der Waals surface area contributed by atoms with Crippen molar-refractivity contribution in [2.75, 3.05) is 65.1 Å². The van der Waals surface area contributed by atoms with Gasteiger partial charge in [-0.1, -0.05) is 17.9 Å². The summed E-state index contributed by atoms with van der Waals surface area (Å²) in [5, 5.41) is 8.05. The van der Waals surface area contributed by atoms with Crippen LogP contribution in [0.25, 0.3) is 6.08 Å². The summed E-state index contributed by atoms with van der Waals surface area (Å²) in [6.45, 7) is 3.48. The number of ether oxygens (including phenoxy) is 4. The van der Waals surface area contributed by atoms with E-state index >= 15 is 0 Å². The van der Waals surface area contributed by atoms with Gasteiger partial charge in [-0.2, -0.15) is 9.29 Å². The molecule has 3 aromatic rings. The number of amides is 3. The lowest BCUT2D eigenvalue weighted by molar-refractivity contribution is -0.126. The predicted octanol–water partition coefficient (Wildman–Crippen LogP) is 1.88. The first-order valence-corrected chi connectivity index (χ1v) is 27.2. The molecular formula is C42H55BFN9O17P3. The molecule has 10 N–H and O–H groups in total. The van der Waals surface area contributed by atoms with Crippen LogP contribution in [0.1, 0.15) is 64.8 Å². The van der Waals surface area contributed by atoms with Crippen LogP contribution in [-0.2, 0) is 50.6 Å². The maximum atomic E-state index is 13.4. The van der Waals surface area contributed by atoms with Gasteiger partial charge in [0.15, 0.2) is 0 Å². The number of rotatable bonds is 27. The van der Waals surface area contributed by atoms with Gasteiger partial charge < -0.3 is 69.8 Å². The summed E-state index contributed by atoms with van der Waals surface area (Å²) in [7, 11) is -14.8. The van der Waals surface area contributed by atoms with Gasteiger partial charge in [-0.05, 0) is 81.2 Å². The fourth-order valence-electron chi connectivity index (χ4n) is 6.79. The van der Waals surface area contributed by atoms with E-state index in [-0.39, 0.29) is 88.5 Å². The Morgan fingerprint density at radius 3 is 2.56 bits per heavy atom. The summed E-state index contributed by atoms with van der Waals surface area (Å²) in [6, 6.07) is 8.28.